The number of carboxylic acid groups (broad SMARTS) is 1. The lowest BCUT2D eigenvalue weighted by atomic mass is 9.87. The molecular formula is C24H29N3O7S. The number of piperidine rings is 1. The Labute approximate surface area is 206 Å². The molecule has 2 N–H and O–H groups in total. The molecule has 1 unspecified atom stereocenters. The first-order valence-corrected chi connectivity index (χ1v) is 12.4. The van der Waals surface area contributed by atoms with Crippen LogP contribution in [0.25, 0.3) is 11.1 Å². The van der Waals surface area contributed by atoms with Crippen LogP contribution >= 0.6 is 0 Å². The minimum absolute atomic E-state index is 0.0188. The number of carbonyl (C=O) groups is 2. The van der Waals surface area contributed by atoms with Gasteiger partial charge in [0.15, 0.2) is 5.54 Å². The van der Waals surface area contributed by atoms with E-state index in [0.29, 0.717) is 32.0 Å². The van der Waals surface area contributed by atoms with E-state index in [1.54, 1.807) is 41.2 Å². The molecule has 10 nitrogen and oxygen atoms in total. The number of ether oxygens (including phenoxy) is 2. The maximum absolute atomic E-state index is 12.8. The molecule has 2 fully saturated rings. The van der Waals surface area contributed by atoms with Gasteiger partial charge >= 0.3 is 12.0 Å². The van der Waals surface area contributed by atoms with Crippen molar-refractivity contribution in [1.82, 2.24) is 9.80 Å². The van der Waals surface area contributed by atoms with Crippen molar-refractivity contribution in [2.75, 3.05) is 50.8 Å². The van der Waals surface area contributed by atoms with Crippen molar-refractivity contribution in [2.45, 2.75) is 18.4 Å². The van der Waals surface area contributed by atoms with Gasteiger partial charge < -0.3 is 24.4 Å². The molecule has 0 radical (unpaired) electrons. The number of hydrogen-bond acceptors (Lipinski definition) is 5. The minimum atomic E-state index is -2.59. The molecule has 0 aliphatic carbocycles. The van der Waals surface area contributed by atoms with Crippen LogP contribution in [0.2, 0.25) is 0 Å². The number of likely N-dealkylation sites (tertiary alicyclic amines) is 1. The number of nitrogens with zero attached hydrogens (tertiary/aromatic N) is 3. The lowest BCUT2D eigenvalue weighted by molar-refractivity contribution is -0.144. The van der Waals surface area contributed by atoms with Gasteiger partial charge in [-0.25, -0.2) is 13.8 Å². The van der Waals surface area contributed by atoms with Crippen molar-refractivity contribution in [3.63, 3.8) is 0 Å². The second-order valence-corrected chi connectivity index (χ2v) is 9.33. The van der Waals surface area contributed by atoms with Gasteiger partial charge in [-0.3, -0.25) is 8.86 Å². The molecule has 2 saturated heterocycles. The van der Waals surface area contributed by atoms with Crippen LogP contribution in [-0.4, -0.2) is 87.7 Å². The topological polar surface area (TPSA) is 120 Å². The number of aliphatic carboxylic acids is 1. The largest absolute Gasteiger partial charge is 0.497 e. The van der Waals surface area contributed by atoms with Crippen LogP contribution in [0.5, 0.6) is 5.75 Å². The summed E-state index contributed by atoms with van der Waals surface area (Å²) in [6.07, 6.45) is 0.0376. The molecule has 2 aromatic rings. The third-order valence-electron chi connectivity index (χ3n) is 6.61. The van der Waals surface area contributed by atoms with Crippen molar-refractivity contribution in [3.8, 4) is 16.9 Å². The highest BCUT2D eigenvalue weighted by Gasteiger charge is 2.50. The fourth-order valence-corrected chi connectivity index (χ4v) is 5.45. The van der Waals surface area contributed by atoms with Crippen LogP contribution < -0.4 is 9.04 Å². The number of morpholine rings is 1. The first-order chi connectivity index (χ1) is 16.9. The molecule has 2 aromatic carbocycles. The Morgan fingerprint density at radius 3 is 1.94 bits per heavy atom. The van der Waals surface area contributed by atoms with Crippen molar-refractivity contribution in [1.29, 1.82) is 0 Å². The number of anilines is 1. The second kappa shape index (κ2) is 10.6. The molecule has 35 heavy (non-hydrogen) atoms. The maximum atomic E-state index is 12.8. The summed E-state index contributed by atoms with van der Waals surface area (Å²) in [5.74, 6) is -0.466. The highest BCUT2D eigenvalue weighted by molar-refractivity contribution is 7.80. The molecule has 4 rings (SSSR count). The molecule has 0 bridgehead atoms. The van der Waals surface area contributed by atoms with Gasteiger partial charge in [0.1, 0.15) is 5.75 Å². The van der Waals surface area contributed by atoms with Crippen molar-refractivity contribution in [3.05, 3.63) is 48.5 Å². The third-order valence-corrected chi connectivity index (χ3v) is 7.48. The molecule has 0 spiro atoms. The summed E-state index contributed by atoms with van der Waals surface area (Å²) in [7, 11) is 1.59. The van der Waals surface area contributed by atoms with E-state index >= 15 is 0 Å². The molecule has 188 valence electrons. The van der Waals surface area contributed by atoms with Crippen molar-refractivity contribution in [2.24, 2.45) is 0 Å². The van der Waals surface area contributed by atoms with Crippen LogP contribution in [0.15, 0.2) is 48.5 Å². The Morgan fingerprint density at radius 2 is 1.46 bits per heavy atom. The highest BCUT2D eigenvalue weighted by atomic mass is 32.2. The monoisotopic (exact) mass is 503 g/mol. The zero-order valence-corrected chi connectivity index (χ0v) is 20.3. The number of rotatable bonds is 6. The van der Waals surface area contributed by atoms with Crippen LogP contribution in [0, 0.1) is 0 Å². The molecule has 1 atom stereocenters. The van der Waals surface area contributed by atoms with Gasteiger partial charge in [-0.2, -0.15) is 0 Å². The maximum Gasteiger partial charge on any atom is 0.330 e. The molecule has 2 aliphatic rings. The normalized spacial score (nSPS) is 18.6. The zero-order valence-electron chi connectivity index (χ0n) is 19.5. The number of methoxy groups -OCH3 is 1. The Kier molecular flexibility index (Phi) is 7.58. The lowest BCUT2D eigenvalue weighted by Gasteiger charge is -2.45. The summed E-state index contributed by atoms with van der Waals surface area (Å²) in [6.45, 7) is 2.27. The van der Waals surface area contributed by atoms with Gasteiger partial charge in [0.25, 0.3) is 11.3 Å². The summed E-state index contributed by atoms with van der Waals surface area (Å²) in [5.41, 5.74) is 0.494. The van der Waals surface area contributed by atoms with Crippen LogP contribution in [-0.2, 0) is 20.8 Å². The highest BCUT2D eigenvalue weighted by Crippen LogP contribution is 2.36. The second-order valence-electron chi connectivity index (χ2n) is 8.51. The molecule has 0 aromatic heterocycles. The smallest absolute Gasteiger partial charge is 0.330 e. The summed E-state index contributed by atoms with van der Waals surface area (Å²) >= 11 is -2.59. The van der Waals surface area contributed by atoms with Gasteiger partial charge in [-0.1, -0.05) is 24.3 Å². The van der Waals surface area contributed by atoms with E-state index in [4.69, 9.17) is 9.47 Å². The van der Waals surface area contributed by atoms with E-state index in [0.717, 1.165) is 21.2 Å². The quantitative estimate of drug-likeness (QED) is 0.582. The Hall–Kier alpha value is -3.15. The van der Waals surface area contributed by atoms with E-state index in [1.807, 2.05) is 24.3 Å². The number of urea groups is 1. The Balaban J connectivity index is 1.54. The van der Waals surface area contributed by atoms with Gasteiger partial charge in [0.2, 0.25) is 0 Å². The molecule has 2 heterocycles. The molecule has 2 aliphatic heterocycles. The predicted molar refractivity (Wildman–Crippen MR) is 131 cm³/mol. The number of carbonyl (C=O) groups excluding carboxylic acids is 1. The van der Waals surface area contributed by atoms with Gasteiger partial charge in [-0.05, 0) is 35.4 Å². The van der Waals surface area contributed by atoms with E-state index in [-0.39, 0.29) is 32.0 Å². The van der Waals surface area contributed by atoms with Crippen molar-refractivity contribution < 1.29 is 32.9 Å². The SMILES string of the molecule is COc1ccc(-c2ccc(N(S(=O)O)C3(C(=O)O)CCN(C(=O)N4CCOCC4)CC3)cc2)cc1. The number of amides is 2. The van der Waals surface area contributed by atoms with E-state index in [2.05, 4.69) is 0 Å². The zero-order chi connectivity index (χ0) is 25.0. The standard InChI is InChI=1S/C24H29N3O7S/c1-33-21-8-4-19(5-9-21)18-2-6-20(7-3-18)27(35(31)32)24(22(28)29)10-12-25(13-11-24)23(30)26-14-16-34-17-15-26/h2-9H,10-17H2,1H3,(H,28,29)(H,31,32). The summed E-state index contributed by atoms with van der Waals surface area (Å²) in [6, 6.07) is 14.2. The first kappa shape index (κ1) is 25.0. The first-order valence-electron chi connectivity index (χ1n) is 11.4. The van der Waals surface area contributed by atoms with Crippen LogP contribution in [0.4, 0.5) is 10.5 Å². The lowest BCUT2D eigenvalue weighted by Crippen LogP contribution is -2.62. The van der Waals surface area contributed by atoms with Crippen molar-refractivity contribution >= 4 is 29.0 Å². The third kappa shape index (κ3) is 5.12. The fraction of sp³-hybridized carbons (Fsp3) is 0.417. The van der Waals surface area contributed by atoms with E-state index in [9.17, 15) is 23.5 Å². The van der Waals surface area contributed by atoms with Crippen LogP contribution in [0.1, 0.15) is 12.8 Å². The average Bonchev–Trinajstić information content (AvgIpc) is 2.89. The number of hydrogen-bond donors (Lipinski definition) is 2. The molecular weight excluding hydrogens is 474 g/mol. The average molecular weight is 504 g/mol. The van der Waals surface area contributed by atoms with E-state index < -0.39 is 22.8 Å². The summed E-state index contributed by atoms with van der Waals surface area (Å²) in [4.78, 5) is 28.6. The molecule has 0 saturated carbocycles. The number of carboxylic acids is 1. The fourth-order valence-electron chi connectivity index (χ4n) is 4.59. The Morgan fingerprint density at radius 1 is 0.943 bits per heavy atom. The predicted octanol–water partition coefficient (Wildman–Crippen LogP) is 2.68. The van der Waals surface area contributed by atoms with E-state index in [1.165, 1.54) is 0 Å². The van der Waals surface area contributed by atoms with Gasteiger partial charge in [-0.15, -0.1) is 0 Å². The molecule has 2 amide bonds. The Bertz CT molecular complexity index is 1060. The van der Waals surface area contributed by atoms with Gasteiger partial charge in [0, 0.05) is 39.0 Å². The summed E-state index contributed by atoms with van der Waals surface area (Å²) < 4.78 is 34.1. The van der Waals surface area contributed by atoms with Gasteiger partial charge in [0.05, 0.1) is 26.0 Å². The summed E-state index contributed by atoms with van der Waals surface area (Å²) in [5, 5.41) is 10.2. The molecule has 11 heteroatoms. The number of benzene rings is 2. The van der Waals surface area contributed by atoms with Crippen LogP contribution in [0.3, 0.4) is 0 Å². The minimum Gasteiger partial charge on any atom is -0.497 e.